The Bertz CT molecular complexity index is 990. The van der Waals surface area contributed by atoms with Gasteiger partial charge in [-0.1, -0.05) is 20.8 Å². The average Bonchev–Trinajstić information content (AvgIpc) is 2.59. The van der Waals surface area contributed by atoms with E-state index in [2.05, 4.69) is 9.97 Å². The summed E-state index contributed by atoms with van der Waals surface area (Å²) >= 11 is 0. The van der Waals surface area contributed by atoms with Gasteiger partial charge in [-0.05, 0) is 25.3 Å². The summed E-state index contributed by atoms with van der Waals surface area (Å²) in [6.07, 6.45) is 0.565. The largest absolute Gasteiger partial charge is 0.480 e. The van der Waals surface area contributed by atoms with E-state index in [0.717, 1.165) is 0 Å². The van der Waals surface area contributed by atoms with Crippen LogP contribution in [0.15, 0.2) is 15.7 Å². The third-order valence-electron chi connectivity index (χ3n) is 4.21. The molecule has 0 spiro atoms. The van der Waals surface area contributed by atoms with Crippen LogP contribution in [0, 0.1) is 0 Å². The SMILES string of the molecule is CCCN(CC(=O)O)C(=O)c1cc(C(C)C)nc2c1c(=O)[nH]c(=O)n2CC. The van der Waals surface area contributed by atoms with Gasteiger partial charge in [-0.3, -0.25) is 23.9 Å². The zero-order chi connectivity index (χ0) is 20.3. The molecule has 2 aromatic rings. The van der Waals surface area contributed by atoms with Crippen molar-refractivity contribution in [1.82, 2.24) is 19.4 Å². The molecule has 2 aromatic heterocycles. The van der Waals surface area contributed by atoms with Crippen molar-refractivity contribution >= 4 is 22.9 Å². The standard InChI is InChI=1S/C18H24N4O5/c1-5-7-21(9-13(23)24)17(26)11-8-12(10(3)4)19-15-14(11)16(25)20-18(27)22(15)6-2/h8,10H,5-7,9H2,1-4H3,(H,23,24)(H,20,25,27). The van der Waals surface area contributed by atoms with Gasteiger partial charge in [0.1, 0.15) is 6.54 Å². The molecule has 27 heavy (non-hydrogen) atoms. The van der Waals surface area contributed by atoms with Crippen molar-refractivity contribution in [2.75, 3.05) is 13.1 Å². The smallest absolute Gasteiger partial charge is 0.329 e. The molecule has 2 rings (SSSR count). The van der Waals surface area contributed by atoms with Crippen molar-refractivity contribution in [2.45, 2.75) is 46.6 Å². The number of aromatic nitrogens is 3. The lowest BCUT2D eigenvalue weighted by Gasteiger charge is -2.21. The van der Waals surface area contributed by atoms with Crippen molar-refractivity contribution in [3.8, 4) is 0 Å². The van der Waals surface area contributed by atoms with Crippen molar-refractivity contribution in [3.05, 3.63) is 38.2 Å². The Hall–Kier alpha value is -2.97. The molecular weight excluding hydrogens is 352 g/mol. The van der Waals surface area contributed by atoms with E-state index in [1.807, 2.05) is 20.8 Å². The lowest BCUT2D eigenvalue weighted by atomic mass is 10.0. The van der Waals surface area contributed by atoms with Gasteiger partial charge in [0.25, 0.3) is 11.5 Å². The van der Waals surface area contributed by atoms with Gasteiger partial charge in [0.05, 0.1) is 10.9 Å². The molecule has 0 saturated heterocycles. The molecule has 0 bridgehead atoms. The Morgan fingerprint density at radius 1 is 1.30 bits per heavy atom. The number of pyridine rings is 1. The monoisotopic (exact) mass is 376 g/mol. The fraction of sp³-hybridized carbons (Fsp3) is 0.500. The number of fused-ring (bicyclic) bond motifs is 1. The zero-order valence-electron chi connectivity index (χ0n) is 15.9. The Morgan fingerprint density at radius 2 is 1.96 bits per heavy atom. The van der Waals surface area contributed by atoms with Crippen LogP contribution >= 0.6 is 0 Å². The summed E-state index contributed by atoms with van der Waals surface area (Å²) < 4.78 is 1.29. The topological polar surface area (TPSA) is 125 Å². The molecule has 9 heteroatoms. The van der Waals surface area contributed by atoms with Crippen molar-refractivity contribution in [2.24, 2.45) is 0 Å². The molecule has 2 N–H and O–H groups in total. The van der Waals surface area contributed by atoms with E-state index in [9.17, 15) is 19.2 Å². The molecule has 9 nitrogen and oxygen atoms in total. The van der Waals surface area contributed by atoms with E-state index >= 15 is 0 Å². The quantitative estimate of drug-likeness (QED) is 0.747. The summed E-state index contributed by atoms with van der Waals surface area (Å²) in [4.78, 5) is 56.7. The third-order valence-corrected chi connectivity index (χ3v) is 4.21. The lowest BCUT2D eigenvalue weighted by Crippen LogP contribution is -2.38. The number of carboxylic acids is 1. The van der Waals surface area contributed by atoms with Crippen molar-refractivity contribution in [3.63, 3.8) is 0 Å². The number of rotatable bonds is 7. The van der Waals surface area contributed by atoms with E-state index in [1.165, 1.54) is 15.5 Å². The predicted molar refractivity (Wildman–Crippen MR) is 100 cm³/mol. The normalized spacial score (nSPS) is 11.1. The first-order valence-corrected chi connectivity index (χ1v) is 8.90. The van der Waals surface area contributed by atoms with Crippen LogP contribution in [0.3, 0.4) is 0 Å². The molecule has 0 unspecified atom stereocenters. The Labute approximate surface area is 155 Å². The number of nitrogens with zero attached hydrogens (tertiary/aromatic N) is 3. The van der Waals surface area contributed by atoms with E-state index < -0.39 is 29.7 Å². The highest BCUT2D eigenvalue weighted by Gasteiger charge is 2.24. The molecule has 146 valence electrons. The van der Waals surface area contributed by atoms with Crippen LogP contribution in [0.5, 0.6) is 0 Å². The minimum atomic E-state index is -1.14. The molecule has 0 saturated carbocycles. The number of amides is 1. The summed E-state index contributed by atoms with van der Waals surface area (Å²) in [5.41, 5.74) is -0.574. The number of H-pyrrole nitrogens is 1. The second-order valence-corrected chi connectivity index (χ2v) is 6.57. The molecule has 2 heterocycles. The Morgan fingerprint density at radius 3 is 2.48 bits per heavy atom. The highest BCUT2D eigenvalue weighted by Crippen LogP contribution is 2.21. The minimum absolute atomic E-state index is 0.00246. The average molecular weight is 376 g/mol. The van der Waals surface area contributed by atoms with Crippen LogP contribution in [0.4, 0.5) is 0 Å². The molecule has 0 aliphatic rings. The molecule has 0 fully saturated rings. The molecule has 0 aromatic carbocycles. The first kappa shape index (κ1) is 20.3. The van der Waals surface area contributed by atoms with Gasteiger partial charge in [0, 0.05) is 18.8 Å². The third kappa shape index (κ3) is 4.07. The van der Waals surface area contributed by atoms with E-state index in [4.69, 9.17) is 5.11 Å². The number of hydrogen-bond acceptors (Lipinski definition) is 5. The molecule has 1 amide bonds. The molecule has 0 radical (unpaired) electrons. The molecule has 0 aliphatic heterocycles. The van der Waals surface area contributed by atoms with Crippen LogP contribution in [0.2, 0.25) is 0 Å². The number of aromatic amines is 1. The van der Waals surface area contributed by atoms with Gasteiger partial charge in [0.2, 0.25) is 0 Å². The maximum Gasteiger partial charge on any atom is 0.329 e. The van der Waals surface area contributed by atoms with Crippen LogP contribution in [0.25, 0.3) is 11.0 Å². The Kier molecular flexibility index (Phi) is 6.14. The van der Waals surface area contributed by atoms with Crippen molar-refractivity contribution < 1.29 is 14.7 Å². The second-order valence-electron chi connectivity index (χ2n) is 6.57. The van der Waals surface area contributed by atoms with Crippen LogP contribution in [-0.2, 0) is 11.3 Å². The van der Waals surface area contributed by atoms with Gasteiger partial charge >= 0.3 is 11.7 Å². The number of aliphatic carboxylic acids is 1. The van der Waals surface area contributed by atoms with E-state index in [1.54, 1.807) is 6.92 Å². The number of carbonyl (C=O) groups is 2. The summed E-state index contributed by atoms with van der Waals surface area (Å²) in [6.45, 7) is 7.35. The summed E-state index contributed by atoms with van der Waals surface area (Å²) in [7, 11) is 0. The summed E-state index contributed by atoms with van der Waals surface area (Å²) in [5.74, 6) is -1.77. The van der Waals surface area contributed by atoms with Crippen molar-refractivity contribution in [1.29, 1.82) is 0 Å². The fourth-order valence-electron chi connectivity index (χ4n) is 2.91. The van der Waals surface area contributed by atoms with E-state index in [-0.39, 0.29) is 35.6 Å². The first-order chi connectivity index (χ1) is 12.7. The number of nitrogens with one attached hydrogen (secondary N) is 1. The fourth-order valence-corrected chi connectivity index (χ4v) is 2.91. The van der Waals surface area contributed by atoms with Crippen LogP contribution in [-0.4, -0.2) is 49.5 Å². The van der Waals surface area contributed by atoms with Gasteiger partial charge in [-0.25, -0.2) is 9.78 Å². The molecule has 0 aliphatic carbocycles. The van der Waals surface area contributed by atoms with Gasteiger partial charge in [-0.2, -0.15) is 0 Å². The molecule has 0 atom stereocenters. The highest BCUT2D eigenvalue weighted by molar-refractivity contribution is 6.06. The second kappa shape index (κ2) is 8.15. The van der Waals surface area contributed by atoms with Crippen LogP contribution in [0.1, 0.15) is 56.1 Å². The zero-order valence-corrected chi connectivity index (χ0v) is 15.9. The number of carbonyl (C=O) groups excluding carboxylic acids is 1. The number of aryl methyl sites for hydroxylation is 1. The Balaban J connectivity index is 2.85. The maximum absolute atomic E-state index is 13.1. The first-order valence-electron chi connectivity index (χ1n) is 8.90. The summed E-state index contributed by atoms with van der Waals surface area (Å²) in [6, 6.07) is 1.51. The summed E-state index contributed by atoms with van der Waals surface area (Å²) in [5, 5.41) is 9.11. The van der Waals surface area contributed by atoms with Gasteiger partial charge in [0.15, 0.2) is 5.65 Å². The predicted octanol–water partition coefficient (Wildman–Crippen LogP) is 1.16. The lowest BCUT2D eigenvalue weighted by molar-refractivity contribution is -0.137. The maximum atomic E-state index is 13.1. The number of carboxylic acid groups (broad SMARTS) is 1. The van der Waals surface area contributed by atoms with Crippen LogP contribution < -0.4 is 11.2 Å². The molecular formula is C18H24N4O5. The number of hydrogen-bond donors (Lipinski definition) is 2. The highest BCUT2D eigenvalue weighted by atomic mass is 16.4. The minimum Gasteiger partial charge on any atom is -0.480 e. The van der Waals surface area contributed by atoms with E-state index in [0.29, 0.717) is 12.1 Å². The van der Waals surface area contributed by atoms with Gasteiger partial charge < -0.3 is 10.0 Å². The van der Waals surface area contributed by atoms with Gasteiger partial charge in [-0.15, -0.1) is 0 Å².